The van der Waals surface area contributed by atoms with Gasteiger partial charge in [-0.1, -0.05) is 6.92 Å². The van der Waals surface area contributed by atoms with Crippen LogP contribution in [0.4, 0.5) is 17.6 Å². The summed E-state index contributed by atoms with van der Waals surface area (Å²) in [7, 11) is 0. The van der Waals surface area contributed by atoms with E-state index < -0.39 is 23.7 Å². The Hall–Kier alpha value is -1.14. The number of benzene rings is 1. The summed E-state index contributed by atoms with van der Waals surface area (Å²) in [5, 5.41) is 12.0. The highest BCUT2D eigenvalue weighted by atomic mass is 19.4. The van der Waals surface area contributed by atoms with Gasteiger partial charge in [0.25, 0.3) is 0 Å². The van der Waals surface area contributed by atoms with Crippen molar-refractivity contribution in [2.24, 2.45) is 0 Å². The number of nitrogens with one attached hydrogen (secondary N) is 1. The maximum atomic E-state index is 13.0. The van der Waals surface area contributed by atoms with Crippen molar-refractivity contribution >= 4 is 0 Å². The second kappa shape index (κ2) is 6.15. The summed E-state index contributed by atoms with van der Waals surface area (Å²) in [5.74, 6) is -0.919. The first kappa shape index (κ1) is 14.9. The van der Waals surface area contributed by atoms with Gasteiger partial charge >= 0.3 is 6.18 Å². The zero-order chi connectivity index (χ0) is 13.8. The zero-order valence-electron chi connectivity index (χ0n) is 9.89. The molecule has 0 amide bonds. The summed E-state index contributed by atoms with van der Waals surface area (Å²) in [6.45, 7) is 2.13. The first-order valence-electron chi connectivity index (χ1n) is 5.58. The van der Waals surface area contributed by atoms with E-state index in [4.69, 9.17) is 0 Å². The first-order chi connectivity index (χ1) is 8.32. The lowest BCUT2D eigenvalue weighted by Crippen LogP contribution is -2.25. The standard InChI is InChI=1S/C12H15F4NO/c1-2-11(18)7-17-6-8-3-9(12(14,15)16)5-10(13)4-8/h3-5,11,17-18H,2,6-7H2,1H3. The molecule has 1 rings (SSSR count). The molecule has 0 fully saturated rings. The van der Waals surface area contributed by atoms with Gasteiger partial charge in [-0.3, -0.25) is 0 Å². The molecule has 0 bridgehead atoms. The summed E-state index contributed by atoms with van der Waals surface area (Å²) in [4.78, 5) is 0. The number of rotatable bonds is 5. The Bertz CT molecular complexity index is 392. The molecule has 0 heterocycles. The number of hydrogen-bond donors (Lipinski definition) is 2. The van der Waals surface area contributed by atoms with Crippen LogP contribution >= 0.6 is 0 Å². The van der Waals surface area contributed by atoms with Gasteiger partial charge in [0.2, 0.25) is 0 Å². The van der Waals surface area contributed by atoms with Gasteiger partial charge in [-0.2, -0.15) is 13.2 Å². The normalized spacial score (nSPS) is 13.7. The van der Waals surface area contributed by atoms with E-state index >= 15 is 0 Å². The molecule has 0 aliphatic carbocycles. The lowest BCUT2D eigenvalue weighted by atomic mass is 10.1. The average Bonchev–Trinajstić information content (AvgIpc) is 2.27. The molecule has 0 saturated heterocycles. The van der Waals surface area contributed by atoms with Crippen LogP contribution in [0.15, 0.2) is 18.2 Å². The van der Waals surface area contributed by atoms with E-state index in [9.17, 15) is 22.7 Å². The van der Waals surface area contributed by atoms with Crippen molar-refractivity contribution in [2.75, 3.05) is 6.54 Å². The van der Waals surface area contributed by atoms with Crippen molar-refractivity contribution in [1.29, 1.82) is 0 Å². The molecule has 102 valence electrons. The fraction of sp³-hybridized carbons (Fsp3) is 0.500. The maximum absolute atomic E-state index is 13.0. The van der Waals surface area contributed by atoms with Crippen LogP contribution in [0.3, 0.4) is 0 Å². The van der Waals surface area contributed by atoms with Crippen molar-refractivity contribution < 1.29 is 22.7 Å². The summed E-state index contributed by atoms with van der Waals surface area (Å²) >= 11 is 0. The molecule has 0 radical (unpaired) electrons. The maximum Gasteiger partial charge on any atom is 0.416 e. The molecular weight excluding hydrogens is 250 g/mol. The van der Waals surface area contributed by atoms with E-state index in [1.807, 2.05) is 0 Å². The quantitative estimate of drug-likeness (QED) is 0.802. The van der Waals surface area contributed by atoms with Crippen LogP contribution in [-0.2, 0) is 12.7 Å². The fourth-order valence-electron chi connectivity index (χ4n) is 1.44. The molecular formula is C12H15F4NO. The third kappa shape index (κ3) is 4.62. The molecule has 0 saturated carbocycles. The van der Waals surface area contributed by atoms with Crippen molar-refractivity contribution in [3.05, 3.63) is 35.1 Å². The number of hydrogen-bond acceptors (Lipinski definition) is 2. The molecule has 1 unspecified atom stereocenters. The highest BCUT2D eigenvalue weighted by molar-refractivity contribution is 5.26. The average molecular weight is 265 g/mol. The summed E-state index contributed by atoms with van der Waals surface area (Å²) < 4.78 is 50.3. The molecule has 1 aromatic rings. The molecule has 2 nitrogen and oxygen atoms in total. The van der Waals surface area contributed by atoms with Gasteiger partial charge in [0.1, 0.15) is 5.82 Å². The SMILES string of the molecule is CCC(O)CNCc1cc(F)cc(C(F)(F)F)c1. The first-order valence-corrected chi connectivity index (χ1v) is 5.58. The van der Waals surface area contributed by atoms with Gasteiger partial charge in [-0.15, -0.1) is 0 Å². The van der Waals surface area contributed by atoms with E-state index in [0.29, 0.717) is 12.5 Å². The topological polar surface area (TPSA) is 32.3 Å². The van der Waals surface area contributed by atoms with Gasteiger partial charge in [0, 0.05) is 13.1 Å². The van der Waals surface area contributed by atoms with Gasteiger partial charge < -0.3 is 10.4 Å². The van der Waals surface area contributed by atoms with Crippen LogP contribution in [-0.4, -0.2) is 17.8 Å². The van der Waals surface area contributed by atoms with Crippen LogP contribution < -0.4 is 5.32 Å². The van der Waals surface area contributed by atoms with E-state index in [1.54, 1.807) is 6.92 Å². The summed E-state index contributed by atoms with van der Waals surface area (Å²) in [6.07, 6.45) is -4.57. The van der Waals surface area contributed by atoms with Crippen molar-refractivity contribution in [2.45, 2.75) is 32.2 Å². The van der Waals surface area contributed by atoms with Gasteiger partial charge in [0.15, 0.2) is 0 Å². The molecule has 0 spiro atoms. The minimum Gasteiger partial charge on any atom is -0.392 e. The Labute approximate surface area is 103 Å². The monoisotopic (exact) mass is 265 g/mol. The number of halogens is 4. The molecule has 0 aromatic heterocycles. The van der Waals surface area contributed by atoms with E-state index in [2.05, 4.69) is 5.32 Å². The van der Waals surface area contributed by atoms with Gasteiger partial charge in [-0.25, -0.2) is 4.39 Å². The van der Waals surface area contributed by atoms with Crippen LogP contribution in [0, 0.1) is 5.82 Å². The predicted molar refractivity (Wildman–Crippen MR) is 59.4 cm³/mol. The Morgan fingerprint density at radius 3 is 2.50 bits per heavy atom. The smallest absolute Gasteiger partial charge is 0.392 e. The number of aliphatic hydroxyl groups excluding tert-OH is 1. The Kier molecular flexibility index (Phi) is 5.10. The highest BCUT2D eigenvalue weighted by Gasteiger charge is 2.31. The number of alkyl halides is 3. The molecule has 18 heavy (non-hydrogen) atoms. The van der Waals surface area contributed by atoms with E-state index in [-0.39, 0.29) is 18.7 Å². The largest absolute Gasteiger partial charge is 0.416 e. The van der Waals surface area contributed by atoms with Crippen LogP contribution in [0.1, 0.15) is 24.5 Å². The van der Waals surface area contributed by atoms with Crippen LogP contribution in [0.5, 0.6) is 0 Å². The molecule has 0 aliphatic rings. The van der Waals surface area contributed by atoms with E-state index in [0.717, 1.165) is 12.1 Å². The lowest BCUT2D eigenvalue weighted by molar-refractivity contribution is -0.137. The third-order valence-electron chi connectivity index (χ3n) is 2.47. The molecule has 1 atom stereocenters. The predicted octanol–water partition coefficient (Wildman–Crippen LogP) is 2.71. The Morgan fingerprint density at radius 2 is 1.94 bits per heavy atom. The van der Waals surface area contributed by atoms with Crippen LogP contribution in [0.2, 0.25) is 0 Å². The fourth-order valence-corrected chi connectivity index (χ4v) is 1.44. The second-order valence-electron chi connectivity index (χ2n) is 4.04. The molecule has 6 heteroatoms. The van der Waals surface area contributed by atoms with Crippen molar-refractivity contribution in [1.82, 2.24) is 5.32 Å². The minimum absolute atomic E-state index is 0.0813. The van der Waals surface area contributed by atoms with Crippen molar-refractivity contribution in [3.8, 4) is 0 Å². The summed E-state index contributed by atoms with van der Waals surface area (Å²) in [5.41, 5.74) is -0.805. The van der Waals surface area contributed by atoms with Gasteiger partial charge in [0.05, 0.1) is 11.7 Å². The zero-order valence-corrected chi connectivity index (χ0v) is 9.89. The van der Waals surface area contributed by atoms with Crippen molar-refractivity contribution in [3.63, 3.8) is 0 Å². The Morgan fingerprint density at radius 1 is 1.28 bits per heavy atom. The number of aliphatic hydroxyl groups is 1. The lowest BCUT2D eigenvalue weighted by Gasteiger charge is -2.12. The summed E-state index contributed by atoms with van der Waals surface area (Å²) in [6, 6.07) is 2.40. The third-order valence-corrected chi connectivity index (χ3v) is 2.47. The molecule has 0 aliphatic heterocycles. The molecule has 1 aromatic carbocycles. The second-order valence-corrected chi connectivity index (χ2v) is 4.04. The van der Waals surface area contributed by atoms with E-state index in [1.165, 1.54) is 0 Å². The molecule has 2 N–H and O–H groups in total. The van der Waals surface area contributed by atoms with Crippen LogP contribution in [0.25, 0.3) is 0 Å². The van der Waals surface area contributed by atoms with Gasteiger partial charge in [-0.05, 0) is 30.2 Å². The highest BCUT2D eigenvalue weighted by Crippen LogP contribution is 2.30. The Balaban J connectivity index is 2.69. The minimum atomic E-state index is -4.56.